The molecule has 1 aromatic carbocycles. The van der Waals surface area contributed by atoms with Gasteiger partial charge in [0.05, 0.1) is 11.1 Å². The zero-order chi connectivity index (χ0) is 16.1. The van der Waals surface area contributed by atoms with E-state index in [1.165, 1.54) is 29.0 Å². The summed E-state index contributed by atoms with van der Waals surface area (Å²) in [5, 5.41) is 12.4. The quantitative estimate of drug-likeness (QED) is 0.875. The first-order chi connectivity index (χ1) is 10.5. The monoisotopic (exact) mass is 324 g/mol. The molecule has 116 valence electrons. The van der Waals surface area contributed by atoms with Gasteiger partial charge in [-0.1, -0.05) is 23.7 Å². The molecule has 0 saturated heterocycles. The minimum absolute atomic E-state index is 0.0385. The molecule has 5 nitrogen and oxygen atoms in total. The van der Waals surface area contributed by atoms with Gasteiger partial charge in [0, 0.05) is 18.8 Å². The predicted octanol–water partition coefficient (Wildman–Crippen LogP) is 1.49. The van der Waals surface area contributed by atoms with Crippen LogP contribution in [0.4, 0.5) is 4.39 Å². The lowest BCUT2D eigenvalue weighted by Gasteiger charge is -2.13. The number of nitrogens with zero attached hydrogens (tertiary/aromatic N) is 1. The Morgan fingerprint density at radius 3 is 2.82 bits per heavy atom. The molecule has 1 heterocycles. The number of aliphatic hydroxyl groups is 1. The van der Waals surface area contributed by atoms with Gasteiger partial charge in [0.2, 0.25) is 5.91 Å². The highest BCUT2D eigenvalue weighted by molar-refractivity contribution is 6.30. The van der Waals surface area contributed by atoms with Gasteiger partial charge >= 0.3 is 0 Å². The smallest absolute Gasteiger partial charge is 0.250 e. The number of benzene rings is 1. The van der Waals surface area contributed by atoms with Crippen LogP contribution in [0.2, 0.25) is 5.02 Å². The highest BCUT2D eigenvalue weighted by atomic mass is 35.5. The summed E-state index contributed by atoms with van der Waals surface area (Å²) in [5.74, 6) is -1.07. The summed E-state index contributed by atoms with van der Waals surface area (Å²) in [6.07, 6.45) is 0.426. The van der Waals surface area contributed by atoms with Crippen molar-refractivity contribution in [2.45, 2.75) is 12.6 Å². The topological polar surface area (TPSA) is 71.3 Å². The number of halogens is 2. The predicted molar refractivity (Wildman–Crippen MR) is 80.1 cm³/mol. The molecule has 0 aliphatic carbocycles. The first-order valence-electron chi connectivity index (χ1n) is 6.52. The Bertz CT molecular complexity index is 733. The van der Waals surface area contributed by atoms with E-state index < -0.39 is 17.8 Å². The van der Waals surface area contributed by atoms with Crippen LogP contribution < -0.4 is 10.9 Å². The van der Waals surface area contributed by atoms with Crippen molar-refractivity contribution in [3.8, 4) is 0 Å². The molecule has 0 fully saturated rings. The third-order valence-electron chi connectivity index (χ3n) is 3.03. The summed E-state index contributed by atoms with van der Waals surface area (Å²) in [6, 6.07) is 8.49. The molecular formula is C15H14ClFN2O3. The number of carbonyl (C=O) groups excluding carboxylic acids is 1. The number of hydrogen-bond donors (Lipinski definition) is 2. The van der Waals surface area contributed by atoms with Crippen LogP contribution in [0, 0.1) is 5.82 Å². The zero-order valence-corrected chi connectivity index (χ0v) is 12.3. The lowest BCUT2D eigenvalue weighted by atomic mass is 10.1. The molecular weight excluding hydrogens is 311 g/mol. The van der Waals surface area contributed by atoms with Gasteiger partial charge in [-0.3, -0.25) is 9.59 Å². The van der Waals surface area contributed by atoms with E-state index >= 15 is 0 Å². The fourth-order valence-electron chi connectivity index (χ4n) is 1.85. The molecule has 0 aliphatic rings. The number of hydrogen-bond acceptors (Lipinski definition) is 3. The maximum atomic E-state index is 13.3. The van der Waals surface area contributed by atoms with E-state index in [1.807, 2.05) is 0 Å². The normalized spacial score (nSPS) is 12.0. The lowest BCUT2D eigenvalue weighted by molar-refractivity contribution is -0.122. The summed E-state index contributed by atoms with van der Waals surface area (Å²) in [6.45, 7) is -0.247. The van der Waals surface area contributed by atoms with Crippen molar-refractivity contribution in [3.05, 3.63) is 69.4 Å². The van der Waals surface area contributed by atoms with Crippen LogP contribution in [-0.2, 0) is 11.3 Å². The summed E-state index contributed by atoms with van der Waals surface area (Å²) in [7, 11) is 0. The van der Waals surface area contributed by atoms with Crippen LogP contribution in [0.15, 0.2) is 47.4 Å². The standard InChI is InChI=1S/C15H14ClFN2O3/c16-11-5-4-10(7-12(11)17)13(20)8-18-14(21)9-19-6-2-1-3-15(19)22/h1-7,13,20H,8-9H2,(H,18,21). The molecule has 2 aromatic rings. The maximum absolute atomic E-state index is 13.3. The van der Waals surface area contributed by atoms with E-state index in [9.17, 15) is 19.1 Å². The second-order valence-electron chi connectivity index (χ2n) is 4.66. The van der Waals surface area contributed by atoms with Crippen LogP contribution in [0.3, 0.4) is 0 Å². The molecule has 0 bridgehead atoms. The number of rotatable bonds is 5. The second kappa shape index (κ2) is 7.20. The third-order valence-corrected chi connectivity index (χ3v) is 3.34. The number of pyridine rings is 1. The van der Waals surface area contributed by atoms with Crippen LogP contribution in [0.25, 0.3) is 0 Å². The van der Waals surface area contributed by atoms with E-state index in [-0.39, 0.29) is 23.7 Å². The minimum atomic E-state index is -1.07. The van der Waals surface area contributed by atoms with Crippen molar-refractivity contribution in [2.24, 2.45) is 0 Å². The van der Waals surface area contributed by atoms with E-state index in [0.717, 1.165) is 6.07 Å². The molecule has 1 atom stereocenters. The van der Waals surface area contributed by atoms with E-state index in [2.05, 4.69) is 5.32 Å². The van der Waals surface area contributed by atoms with E-state index in [1.54, 1.807) is 12.1 Å². The Labute approximate surface area is 131 Å². The molecule has 22 heavy (non-hydrogen) atoms. The van der Waals surface area contributed by atoms with Crippen molar-refractivity contribution in [3.63, 3.8) is 0 Å². The molecule has 0 spiro atoms. The Balaban J connectivity index is 1.92. The minimum Gasteiger partial charge on any atom is -0.387 e. The number of aliphatic hydroxyl groups excluding tert-OH is 1. The molecule has 2 rings (SSSR count). The van der Waals surface area contributed by atoms with E-state index in [0.29, 0.717) is 5.56 Å². The first kappa shape index (κ1) is 16.2. The van der Waals surface area contributed by atoms with Crippen LogP contribution in [0.5, 0.6) is 0 Å². The van der Waals surface area contributed by atoms with Crippen LogP contribution >= 0.6 is 11.6 Å². The largest absolute Gasteiger partial charge is 0.387 e. The van der Waals surface area contributed by atoms with Crippen LogP contribution in [0.1, 0.15) is 11.7 Å². The fraction of sp³-hybridized carbons (Fsp3) is 0.200. The van der Waals surface area contributed by atoms with Crippen molar-refractivity contribution < 1.29 is 14.3 Å². The molecule has 1 unspecified atom stereocenters. The van der Waals surface area contributed by atoms with Gasteiger partial charge in [0.1, 0.15) is 12.4 Å². The van der Waals surface area contributed by atoms with Crippen molar-refractivity contribution in [1.82, 2.24) is 9.88 Å². The average Bonchev–Trinajstić information content (AvgIpc) is 2.50. The van der Waals surface area contributed by atoms with E-state index in [4.69, 9.17) is 11.6 Å². The zero-order valence-electron chi connectivity index (χ0n) is 11.5. The maximum Gasteiger partial charge on any atom is 0.250 e. The molecule has 7 heteroatoms. The highest BCUT2D eigenvalue weighted by Gasteiger charge is 2.12. The number of carbonyl (C=O) groups is 1. The van der Waals surface area contributed by atoms with Crippen LogP contribution in [-0.4, -0.2) is 22.1 Å². The fourth-order valence-corrected chi connectivity index (χ4v) is 1.97. The molecule has 0 saturated carbocycles. The number of aromatic nitrogens is 1. The number of nitrogens with one attached hydrogen (secondary N) is 1. The average molecular weight is 325 g/mol. The lowest BCUT2D eigenvalue weighted by Crippen LogP contribution is -2.34. The van der Waals surface area contributed by atoms with Gasteiger partial charge in [-0.15, -0.1) is 0 Å². The SMILES string of the molecule is O=C(Cn1ccccc1=O)NCC(O)c1ccc(Cl)c(F)c1. The first-order valence-corrected chi connectivity index (χ1v) is 6.90. The Morgan fingerprint density at radius 2 is 2.14 bits per heavy atom. The van der Waals surface area contributed by atoms with Gasteiger partial charge in [0.15, 0.2) is 0 Å². The van der Waals surface area contributed by atoms with Crippen molar-refractivity contribution in [2.75, 3.05) is 6.54 Å². The van der Waals surface area contributed by atoms with Crippen molar-refractivity contribution >= 4 is 17.5 Å². The molecule has 0 radical (unpaired) electrons. The summed E-state index contributed by atoms with van der Waals surface area (Å²) in [4.78, 5) is 23.2. The molecule has 2 N–H and O–H groups in total. The van der Waals surface area contributed by atoms with Gasteiger partial charge in [-0.25, -0.2) is 4.39 Å². The second-order valence-corrected chi connectivity index (χ2v) is 5.07. The Morgan fingerprint density at radius 1 is 1.36 bits per heavy atom. The summed E-state index contributed by atoms with van der Waals surface area (Å²) >= 11 is 5.56. The molecule has 1 amide bonds. The highest BCUT2D eigenvalue weighted by Crippen LogP contribution is 2.19. The van der Waals surface area contributed by atoms with Gasteiger partial charge in [-0.2, -0.15) is 0 Å². The molecule has 1 aromatic heterocycles. The molecule has 0 aliphatic heterocycles. The number of amides is 1. The third kappa shape index (κ3) is 4.16. The summed E-state index contributed by atoms with van der Waals surface area (Å²) in [5.41, 5.74) is 0.0112. The van der Waals surface area contributed by atoms with Gasteiger partial charge in [-0.05, 0) is 23.8 Å². The van der Waals surface area contributed by atoms with Gasteiger partial charge in [0.25, 0.3) is 5.56 Å². The Hall–Kier alpha value is -2.18. The van der Waals surface area contributed by atoms with Crippen molar-refractivity contribution in [1.29, 1.82) is 0 Å². The summed E-state index contributed by atoms with van der Waals surface area (Å²) < 4.78 is 14.5. The van der Waals surface area contributed by atoms with Gasteiger partial charge < -0.3 is 15.0 Å². The Kier molecular flexibility index (Phi) is 5.30.